The molecule has 1 aliphatic heterocycles. The van der Waals surface area contributed by atoms with Crippen molar-refractivity contribution in [2.45, 2.75) is 32.5 Å². The zero-order chi connectivity index (χ0) is 18.6. The lowest BCUT2D eigenvalue weighted by Crippen LogP contribution is -2.45. The summed E-state index contributed by atoms with van der Waals surface area (Å²) in [7, 11) is 0. The van der Waals surface area contributed by atoms with E-state index in [0.29, 0.717) is 36.9 Å². The van der Waals surface area contributed by atoms with Crippen molar-refractivity contribution >= 4 is 17.4 Å². The van der Waals surface area contributed by atoms with Gasteiger partial charge in [-0.05, 0) is 44.0 Å². The van der Waals surface area contributed by atoms with Gasteiger partial charge >= 0.3 is 6.03 Å². The quantitative estimate of drug-likeness (QED) is 0.767. The highest BCUT2D eigenvalue weighted by molar-refractivity contribution is 5.93. The van der Waals surface area contributed by atoms with Gasteiger partial charge in [0.25, 0.3) is 0 Å². The highest BCUT2D eigenvalue weighted by atomic mass is 16.5. The Labute approximate surface area is 157 Å². The maximum Gasteiger partial charge on any atom is 0.322 e. The van der Waals surface area contributed by atoms with E-state index in [4.69, 9.17) is 4.74 Å². The van der Waals surface area contributed by atoms with E-state index in [1.54, 1.807) is 15.6 Å². The smallest absolute Gasteiger partial charge is 0.322 e. The number of hydrogen-bond donors (Lipinski definition) is 1. The Morgan fingerprint density at radius 1 is 1.33 bits per heavy atom. The molecule has 0 bridgehead atoms. The summed E-state index contributed by atoms with van der Waals surface area (Å²) in [6.07, 6.45) is 5.43. The number of amides is 2. The molecule has 27 heavy (non-hydrogen) atoms. The molecule has 140 valence electrons. The number of pyridine rings is 2. The Hall–Kier alpha value is -3.00. The summed E-state index contributed by atoms with van der Waals surface area (Å²) >= 11 is 0. The van der Waals surface area contributed by atoms with Crippen molar-refractivity contribution in [1.29, 1.82) is 0 Å². The SMILES string of the molecule is Cc1nc2c(NC(=O)N3CCC[C@H](OCc4ccccn4)C3)cccn2n1. The third kappa shape index (κ3) is 4.06. The monoisotopic (exact) mass is 366 g/mol. The number of piperidine rings is 1. The van der Waals surface area contributed by atoms with Crippen LogP contribution in [0.2, 0.25) is 0 Å². The summed E-state index contributed by atoms with van der Waals surface area (Å²) in [5.41, 5.74) is 2.19. The van der Waals surface area contributed by atoms with Gasteiger partial charge in [0.05, 0.1) is 24.1 Å². The molecule has 3 aromatic heterocycles. The Morgan fingerprint density at radius 2 is 2.26 bits per heavy atom. The van der Waals surface area contributed by atoms with Gasteiger partial charge in [0.2, 0.25) is 0 Å². The van der Waals surface area contributed by atoms with Crippen LogP contribution in [0.1, 0.15) is 24.4 Å². The second-order valence-electron chi connectivity index (χ2n) is 6.62. The fraction of sp³-hybridized carbons (Fsp3) is 0.368. The van der Waals surface area contributed by atoms with Gasteiger partial charge in [0, 0.05) is 25.5 Å². The number of aromatic nitrogens is 4. The number of carbonyl (C=O) groups excluding carboxylic acids is 1. The first kappa shape index (κ1) is 17.4. The summed E-state index contributed by atoms with van der Waals surface area (Å²) in [6, 6.07) is 9.29. The molecule has 8 heteroatoms. The third-order valence-electron chi connectivity index (χ3n) is 4.57. The third-order valence-corrected chi connectivity index (χ3v) is 4.57. The topological polar surface area (TPSA) is 84.7 Å². The van der Waals surface area contributed by atoms with Gasteiger partial charge in [0.15, 0.2) is 5.65 Å². The predicted octanol–water partition coefficient (Wildman–Crippen LogP) is 2.65. The molecule has 1 atom stereocenters. The lowest BCUT2D eigenvalue weighted by molar-refractivity contribution is -0.000323. The number of anilines is 1. The normalized spacial score (nSPS) is 17.2. The van der Waals surface area contributed by atoms with Crippen molar-refractivity contribution in [2.24, 2.45) is 0 Å². The first-order chi connectivity index (χ1) is 13.2. The number of nitrogens with zero attached hydrogens (tertiary/aromatic N) is 5. The molecular weight excluding hydrogens is 344 g/mol. The van der Waals surface area contributed by atoms with E-state index in [1.807, 2.05) is 43.5 Å². The maximum absolute atomic E-state index is 12.7. The average Bonchev–Trinajstić information content (AvgIpc) is 3.09. The second-order valence-corrected chi connectivity index (χ2v) is 6.62. The van der Waals surface area contributed by atoms with Crippen LogP contribution in [0.15, 0.2) is 42.7 Å². The lowest BCUT2D eigenvalue weighted by atomic mass is 10.1. The molecule has 2 amide bonds. The standard InChI is InChI=1S/C19H22N6O2/c1-14-21-18-17(8-5-11-25(18)23-14)22-19(26)24-10-4-7-16(12-24)27-13-15-6-2-3-9-20-15/h2-3,5-6,8-9,11,16H,4,7,10,12-13H2,1H3,(H,22,26)/t16-/m0/s1. The summed E-state index contributed by atoms with van der Waals surface area (Å²) in [5.74, 6) is 0.664. The molecule has 4 rings (SSSR count). The van der Waals surface area contributed by atoms with Crippen molar-refractivity contribution in [3.8, 4) is 0 Å². The van der Waals surface area contributed by atoms with Crippen molar-refractivity contribution in [1.82, 2.24) is 24.5 Å². The van der Waals surface area contributed by atoms with Gasteiger partial charge in [-0.25, -0.2) is 14.3 Å². The fourth-order valence-electron chi connectivity index (χ4n) is 3.25. The molecule has 1 saturated heterocycles. The maximum atomic E-state index is 12.7. The number of rotatable bonds is 4. The molecule has 0 radical (unpaired) electrons. The van der Waals surface area contributed by atoms with Gasteiger partial charge in [-0.3, -0.25) is 4.98 Å². The molecule has 1 N–H and O–H groups in total. The van der Waals surface area contributed by atoms with Crippen molar-refractivity contribution < 1.29 is 9.53 Å². The summed E-state index contributed by atoms with van der Waals surface area (Å²) in [4.78, 5) is 23.2. The molecule has 1 fully saturated rings. The van der Waals surface area contributed by atoms with Gasteiger partial charge in [0.1, 0.15) is 5.82 Å². The van der Waals surface area contributed by atoms with Gasteiger partial charge in [-0.2, -0.15) is 5.10 Å². The number of ether oxygens (including phenoxy) is 1. The number of fused-ring (bicyclic) bond motifs is 1. The number of urea groups is 1. The second kappa shape index (κ2) is 7.71. The number of likely N-dealkylation sites (tertiary alicyclic amines) is 1. The van der Waals surface area contributed by atoms with Gasteiger partial charge in [-0.1, -0.05) is 6.07 Å². The zero-order valence-electron chi connectivity index (χ0n) is 15.2. The van der Waals surface area contributed by atoms with E-state index in [2.05, 4.69) is 20.4 Å². The number of carbonyl (C=O) groups is 1. The number of aryl methyl sites for hydroxylation is 1. The number of nitrogens with one attached hydrogen (secondary N) is 1. The van der Waals surface area contributed by atoms with Crippen LogP contribution in [0.5, 0.6) is 0 Å². The van der Waals surface area contributed by atoms with Crippen LogP contribution in [0.3, 0.4) is 0 Å². The Morgan fingerprint density at radius 3 is 3.11 bits per heavy atom. The summed E-state index contributed by atoms with van der Waals surface area (Å²) in [6.45, 7) is 3.56. The predicted molar refractivity (Wildman–Crippen MR) is 100 cm³/mol. The van der Waals surface area contributed by atoms with Crippen LogP contribution in [-0.4, -0.2) is 49.7 Å². The van der Waals surface area contributed by atoms with E-state index in [0.717, 1.165) is 18.5 Å². The molecule has 0 unspecified atom stereocenters. The van der Waals surface area contributed by atoms with Crippen LogP contribution in [0.25, 0.3) is 5.65 Å². The van der Waals surface area contributed by atoms with E-state index < -0.39 is 0 Å². The minimum absolute atomic E-state index is 0.0117. The minimum atomic E-state index is -0.144. The van der Waals surface area contributed by atoms with Crippen LogP contribution in [-0.2, 0) is 11.3 Å². The molecule has 1 aliphatic rings. The van der Waals surface area contributed by atoms with E-state index in [1.165, 1.54) is 0 Å². The van der Waals surface area contributed by atoms with Crippen LogP contribution in [0, 0.1) is 6.92 Å². The Balaban J connectivity index is 1.38. The number of hydrogen-bond acceptors (Lipinski definition) is 5. The van der Waals surface area contributed by atoms with E-state index in [-0.39, 0.29) is 12.1 Å². The van der Waals surface area contributed by atoms with Crippen molar-refractivity contribution in [3.63, 3.8) is 0 Å². The highest BCUT2D eigenvalue weighted by Crippen LogP contribution is 2.18. The fourth-order valence-corrected chi connectivity index (χ4v) is 3.25. The first-order valence-electron chi connectivity index (χ1n) is 9.08. The molecular formula is C19H22N6O2. The molecule has 0 saturated carbocycles. The van der Waals surface area contributed by atoms with Crippen molar-refractivity contribution in [2.75, 3.05) is 18.4 Å². The Bertz CT molecular complexity index is 926. The molecule has 0 spiro atoms. The molecule has 0 aromatic carbocycles. The van der Waals surface area contributed by atoms with Crippen LogP contribution >= 0.6 is 0 Å². The zero-order valence-corrected chi connectivity index (χ0v) is 15.2. The highest BCUT2D eigenvalue weighted by Gasteiger charge is 2.25. The largest absolute Gasteiger partial charge is 0.370 e. The first-order valence-corrected chi connectivity index (χ1v) is 9.08. The lowest BCUT2D eigenvalue weighted by Gasteiger charge is -2.32. The van der Waals surface area contributed by atoms with Crippen LogP contribution in [0.4, 0.5) is 10.5 Å². The van der Waals surface area contributed by atoms with Crippen molar-refractivity contribution in [3.05, 3.63) is 54.2 Å². The van der Waals surface area contributed by atoms with E-state index >= 15 is 0 Å². The molecule has 8 nitrogen and oxygen atoms in total. The van der Waals surface area contributed by atoms with Gasteiger partial charge < -0.3 is 15.0 Å². The van der Waals surface area contributed by atoms with Gasteiger partial charge in [-0.15, -0.1) is 0 Å². The minimum Gasteiger partial charge on any atom is -0.370 e. The average molecular weight is 366 g/mol. The Kier molecular flexibility index (Phi) is 4.97. The molecule has 0 aliphatic carbocycles. The molecule has 3 aromatic rings. The summed E-state index contributed by atoms with van der Waals surface area (Å²) < 4.78 is 7.63. The van der Waals surface area contributed by atoms with E-state index in [9.17, 15) is 4.79 Å². The molecule has 4 heterocycles. The van der Waals surface area contributed by atoms with Crippen LogP contribution < -0.4 is 5.32 Å². The summed E-state index contributed by atoms with van der Waals surface area (Å²) in [5, 5.41) is 7.23.